The van der Waals surface area contributed by atoms with Gasteiger partial charge in [0.15, 0.2) is 0 Å². The number of amides is 1. The molecule has 0 aliphatic rings. The molecule has 11 heteroatoms. The first-order valence-electron chi connectivity index (χ1n) is 11.0. The summed E-state index contributed by atoms with van der Waals surface area (Å²) in [6.07, 6.45) is 1.02. The Balaban J connectivity index is 1.76. The van der Waals surface area contributed by atoms with Crippen LogP contribution < -0.4 is 19.1 Å². The van der Waals surface area contributed by atoms with E-state index in [1.54, 1.807) is 36.4 Å². The van der Waals surface area contributed by atoms with Crippen molar-refractivity contribution in [3.63, 3.8) is 0 Å². The van der Waals surface area contributed by atoms with Crippen molar-refractivity contribution in [1.29, 1.82) is 0 Å². The van der Waals surface area contributed by atoms with E-state index in [0.717, 1.165) is 21.7 Å². The molecule has 0 saturated heterocycles. The Kier molecular flexibility index (Phi) is 7.95. The van der Waals surface area contributed by atoms with Gasteiger partial charge in [-0.15, -0.1) is 0 Å². The van der Waals surface area contributed by atoms with Gasteiger partial charge in [-0.05, 0) is 92.6 Å². The van der Waals surface area contributed by atoms with Crippen LogP contribution in [0.5, 0.6) is 5.75 Å². The molecule has 3 aromatic carbocycles. The van der Waals surface area contributed by atoms with E-state index in [-0.39, 0.29) is 4.90 Å². The van der Waals surface area contributed by atoms with Gasteiger partial charge in [-0.25, -0.2) is 16.8 Å². The van der Waals surface area contributed by atoms with Gasteiger partial charge in [-0.2, -0.15) is 0 Å². The molecule has 0 aromatic heterocycles. The van der Waals surface area contributed by atoms with Crippen LogP contribution in [0.2, 0.25) is 0 Å². The van der Waals surface area contributed by atoms with E-state index in [4.69, 9.17) is 4.74 Å². The van der Waals surface area contributed by atoms with Gasteiger partial charge >= 0.3 is 0 Å². The molecule has 9 nitrogen and oxygen atoms in total. The predicted octanol–water partition coefficient (Wildman–Crippen LogP) is 3.91. The van der Waals surface area contributed by atoms with Gasteiger partial charge in [-0.3, -0.25) is 13.8 Å². The highest BCUT2D eigenvalue weighted by Gasteiger charge is 2.29. The second kappa shape index (κ2) is 10.6. The van der Waals surface area contributed by atoms with Crippen LogP contribution in [0.15, 0.2) is 71.6 Å². The summed E-state index contributed by atoms with van der Waals surface area (Å²) in [5.74, 6) is -0.0357. The quantitative estimate of drug-likeness (QED) is 0.432. The number of carbonyl (C=O) groups is 1. The maximum Gasteiger partial charge on any atom is 0.261 e. The molecule has 1 atom stereocenters. The highest BCUT2D eigenvalue weighted by atomic mass is 32.2. The molecule has 1 unspecified atom stereocenters. The van der Waals surface area contributed by atoms with Crippen LogP contribution in [0.1, 0.15) is 18.1 Å². The number of aryl methyl sites for hydroxylation is 2. The van der Waals surface area contributed by atoms with Gasteiger partial charge < -0.3 is 10.1 Å². The van der Waals surface area contributed by atoms with Crippen molar-refractivity contribution in [2.45, 2.75) is 31.7 Å². The molecule has 0 bridgehead atoms. The molecule has 0 fully saturated rings. The second-order valence-corrected chi connectivity index (χ2v) is 11.9. The molecule has 0 saturated carbocycles. The van der Waals surface area contributed by atoms with Crippen LogP contribution >= 0.6 is 0 Å². The van der Waals surface area contributed by atoms with E-state index in [2.05, 4.69) is 10.0 Å². The molecular weight excluding hydrogens is 502 g/mol. The maximum absolute atomic E-state index is 12.9. The van der Waals surface area contributed by atoms with E-state index in [1.165, 1.54) is 38.3 Å². The molecule has 0 aliphatic carbocycles. The van der Waals surface area contributed by atoms with E-state index < -0.39 is 32.0 Å². The highest BCUT2D eigenvalue weighted by Crippen LogP contribution is 2.25. The maximum atomic E-state index is 12.9. The Morgan fingerprint density at radius 3 is 1.97 bits per heavy atom. The summed E-state index contributed by atoms with van der Waals surface area (Å²) in [6, 6.07) is 16.1. The Hall–Kier alpha value is -3.57. The van der Waals surface area contributed by atoms with Crippen molar-refractivity contribution in [2.75, 3.05) is 27.7 Å². The topological polar surface area (TPSA) is 122 Å². The Morgan fingerprint density at radius 2 is 1.44 bits per heavy atom. The Bertz CT molecular complexity index is 1450. The lowest BCUT2D eigenvalue weighted by Crippen LogP contribution is -2.45. The van der Waals surface area contributed by atoms with Crippen molar-refractivity contribution in [2.24, 2.45) is 0 Å². The number of methoxy groups -OCH3 is 1. The summed E-state index contributed by atoms with van der Waals surface area (Å²) in [6.45, 7) is 5.30. The van der Waals surface area contributed by atoms with E-state index in [9.17, 15) is 21.6 Å². The van der Waals surface area contributed by atoms with E-state index in [1.807, 2.05) is 19.9 Å². The van der Waals surface area contributed by atoms with Crippen molar-refractivity contribution in [3.05, 3.63) is 77.9 Å². The molecule has 2 N–H and O–H groups in total. The van der Waals surface area contributed by atoms with Crippen LogP contribution in [-0.4, -0.2) is 42.2 Å². The van der Waals surface area contributed by atoms with Gasteiger partial charge in [0.1, 0.15) is 11.8 Å². The summed E-state index contributed by atoms with van der Waals surface area (Å²) >= 11 is 0. The molecule has 0 aliphatic heterocycles. The van der Waals surface area contributed by atoms with Gasteiger partial charge in [0.25, 0.3) is 10.0 Å². The average molecular weight is 532 g/mol. The molecule has 0 heterocycles. The van der Waals surface area contributed by atoms with Crippen LogP contribution in [0.25, 0.3) is 0 Å². The zero-order chi connectivity index (χ0) is 26.7. The van der Waals surface area contributed by atoms with E-state index in [0.29, 0.717) is 22.8 Å². The summed E-state index contributed by atoms with van der Waals surface area (Å²) in [4.78, 5) is 12.9. The smallest absolute Gasteiger partial charge is 0.261 e. The van der Waals surface area contributed by atoms with Crippen molar-refractivity contribution < 1.29 is 26.4 Å². The monoisotopic (exact) mass is 531 g/mol. The fourth-order valence-electron chi connectivity index (χ4n) is 3.52. The van der Waals surface area contributed by atoms with Crippen molar-refractivity contribution >= 4 is 43.0 Å². The normalized spacial score (nSPS) is 12.5. The summed E-state index contributed by atoms with van der Waals surface area (Å²) in [5.41, 5.74) is 3.08. The lowest BCUT2D eigenvalue weighted by Gasteiger charge is -2.28. The van der Waals surface area contributed by atoms with Gasteiger partial charge in [0.05, 0.1) is 23.9 Å². The largest absolute Gasteiger partial charge is 0.497 e. The molecule has 192 valence electrons. The molecule has 36 heavy (non-hydrogen) atoms. The summed E-state index contributed by atoms with van der Waals surface area (Å²) < 4.78 is 59.1. The molecule has 3 aromatic rings. The Morgan fingerprint density at radius 1 is 0.861 bits per heavy atom. The standard InChI is InChI=1S/C25H29N3O6S2/c1-17-6-7-21(16-18(17)2)27-36(32,33)24-14-8-20(9-15-24)26-25(29)19(3)28(35(5,30)31)22-10-12-23(34-4)13-11-22/h6-16,19,27H,1-5H3,(H,26,29). The first-order valence-corrected chi connectivity index (χ1v) is 14.3. The van der Waals surface area contributed by atoms with Crippen molar-refractivity contribution in [3.8, 4) is 5.75 Å². The zero-order valence-electron chi connectivity index (χ0n) is 20.6. The number of benzene rings is 3. The lowest BCUT2D eigenvalue weighted by molar-refractivity contribution is -0.116. The van der Waals surface area contributed by atoms with Crippen LogP contribution in [0.3, 0.4) is 0 Å². The number of hydrogen-bond acceptors (Lipinski definition) is 6. The van der Waals surface area contributed by atoms with Gasteiger partial charge in [0.2, 0.25) is 15.9 Å². The third-order valence-electron chi connectivity index (χ3n) is 5.61. The summed E-state index contributed by atoms with van der Waals surface area (Å²) in [7, 11) is -6.14. The molecule has 0 spiro atoms. The zero-order valence-corrected chi connectivity index (χ0v) is 22.3. The van der Waals surface area contributed by atoms with Crippen LogP contribution in [0.4, 0.5) is 17.1 Å². The predicted molar refractivity (Wildman–Crippen MR) is 142 cm³/mol. The number of rotatable bonds is 9. The number of anilines is 3. The lowest BCUT2D eigenvalue weighted by atomic mass is 10.1. The highest BCUT2D eigenvalue weighted by molar-refractivity contribution is 7.92. The minimum absolute atomic E-state index is 0.0165. The molecule has 1 amide bonds. The van der Waals surface area contributed by atoms with Gasteiger partial charge in [0, 0.05) is 11.4 Å². The third kappa shape index (κ3) is 6.35. The SMILES string of the molecule is COc1ccc(N(C(C)C(=O)Nc2ccc(S(=O)(=O)Nc3ccc(C)c(C)c3)cc2)S(C)(=O)=O)cc1. The number of sulfonamides is 2. The number of nitrogens with one attached hydrogen (secondary N) is 2. The minimum atomic E-state index is -3.84. The minimum Gasteiger partial charge on any atom is -0.497 e. The fourth-order valence-corrected chi connectivity index (χ4v) is 5.75. The Labute approximate surface area is 212 Å². The summed E-state index contributed by atoms with van der Waals surface area (Å²) in [5, 5.41) is 2.64. The first kappa shape index (κ1) is 27.0. The second-order valence-electron chi connectivity index (χ2n) is 8.35. The average Bonchev–Trinajstić information content (AvgIpc) is 2.81. The van der Waals surface area contributed by atoms with Crippen LogP contribution in [-0.2, 0) is 24.8 Å². The fraction of sp³-hybridized carbons (Fsp3) is 0.240. The molecule has 0 radical (unpaired) electrons. The van der Waals surface area contributed by atoms with Gasteiger partial charge in [-0.1, -0.05) is 6.07 Å². The number of nitrogens with zero attached hydrogens (tertiary/aromatic N) is 1. The number of carbonyl (C=O) groups excluding carboxylic acids is 1. The van der Waals surface area contributed by atoms with Crippen LogP contribution in [0, 0.1) is 13.8 Å². The first-order chi connectivity index (χ1) is 16.8. The van der Waals surface area contributed by atoms with E-state index >= 15 is 0 Å². The number of ether oxygens (including phenoxy) is 1. The van der Waals surface area contributed by atoms with Crippen molar-refractivity contribution in [1.82, 2.24) is 0 Å². The number of hydrogen-bond donors (Lipinski definition) is 2. The molecule has 3 rings (SSSR count). The molecular formula is C25H29N3O6S2. The third-order valence-corrected chi connectivity index (χ3v) is 8.25.